The average molecular weight is 836 g/mol. The van der Waals surface area contributed by atoms with Crippen molar-refractivity contribution in [3.63, 3.8) is 0 Å². The smallest absolute Gasteiger partial charge is 0.267 e. The van der Waals surface area contributed by atoms with Crippen molar-refractivity contribution >= 4 is 16.0 Å². The maximum Gasteiger partial charge on any atom is 0.267 e. The lowest BCUT2D eigenvalue weighted by atomic mass is 10.0. The van der Waals surface area contributed by atoms with Crippen LogP contribution in [0.15, 0.2) is 36.5 Å². The lowest BCUT2D eigenvalue weighted by Gasteiger charge is -2.21. The Morgan fingerprint density at radius 2 is 0.741 bits per heavy atom. The van der Waals surface area contributed by atoms with Crippen molar-refractivity contribution in [2.45, 2.75) is 276 Å². The van der Waals surface area contributed by atoms with Gasteiger partial charge in [0.25, 0.3) is 10.1 Å². The van der Waals surface area contributed by atoms with Crippen LogP contribution >= 0.6 is 0 Å². The lowest BCUT2D eigenvalue weighted by Crippen LogP contribution is -2.46. The number of nitrogens with one attached hydrogen (secondary N) is 1. The zero-order chi connectivity index (χ0) is 42.5. The number of allylic oxidation sites excluding steroid dienone is 5. The zero-order valence-electron chi connectivity index (χ0n) is 38.4. The Bertz CT molecular complexity index is 1060. The largest absolute Gasteiger partial charge is 0.387 e. The molecule has 2 unspecified atom stereocenters. The van der Waals surface area contributed by atoms with Gasteiger partial charge in [-0.2, -0.15) is 8.42 Å². The van der Waals surface area contributed by atoms with E-state index in [1.165, 1.54) is 205 Å². The summed E-state index contributed by atoms with van der Waals surface area (Å²) in [5, 5.41) is 13.3. The number of aliphatic hydroxyl groups is 1. The van der Waals surface area contributed by atoms with E-state index < -0.39 is 28.0 Å². The Kier molecular flexibility index (Phi) is 44.0. The SMILES string of the molecule is CCCCCCCCCCCCC/C=C/CC/C=C/CC/C=C/C(O)C(CS(=O)(=O)O)NC(=O)CCCCCCCCCCCCCCCCCCCCCCCC. The van der Waals surface area contributed by atoms with E-state index in [0.717, 1.165) is 38.5 Å². The monoisotopic (exact) mass is 836 g/mol. The first-order chi connectivity index (χ1) is 28.3. The van der Waals surface area contributed by atoms with E-state index in [9.17, 15) is 22.9 Å². The second-order valence-corrected chi connectivity index (χ2v) is 18.9. The molecule has 0 aliphatic heterocycles. The van der Waals surface area contributed by atoms with E-state index in [1.807, 2.05) is 6.08 Å². The van der Waals surface area contributed by atoms with Crippen LogP contribution in [-0.4, -0.2) is 41.9 Å². The summed E-state index contributed by atoms with van der Waals surface area (Å²) in [4.78, 5) is 12.6. The van der Waals surface area contributed by atoms with Crippen LogP contribution < -0.4 is 5.32 Å². The van der Waals surface area contributed by atoms with Crippen LogP contribution in [0.2, 0.25) is 0 Å². The Morgan fingerprint density at radius 3 is 1.09 bits per heavy atom. The summed E-state index contributed by atoms with van der Waals surface area (Å²) >= 11 is 0. The highest BCUT2D eigenvalue weighted by Gasteiger charge is 2.24. The Hall–Kier alpha value is -1.44. The van der Waals surface area contributed by atoms with Gasteiger partial charge in [0.2, 0.25) is 5.91 Å². The second-order valence-electron chi connectivity index (χ2n) is 17.4. The molecule has 0 aromatic rings. The molecule has 0 heterocycles. The molecule has 0 aliphatic rings. The number of unbranched alkanes of at least 4 members (excludes halogenated alkanes) is 34. The van der Waals surface area contributed by atoms with Gasteiger partial charge in [0.15, 0.2) is 0 Å². The number of hydrogen-bond acceptors (Lipinski definition) is 4. The van der Waals surface area contributed by atoms with E-state index >= 15 is 0 Å². The van der Waals surface area contributed by atoms with E-state index in [0.29, 0.717) is 6.42 Å². The van der Waals surface area contributed by atoms with Crippen LogP contribution in [0.4, 0.5) is 0 Å². The van der Waals surface area contributed by atoms with Gasteiger partial charge in [-0.3, -0.25) is 9.35 Å². The Labute approximate surface area is 361 Å². The summed E-state index contributed by atoms with van der Waals surface area (Å²) in [5.74, 6) is -0.999. The van der Waals surface area contributed by atoms with Crippen molar-refractivity contribution in [3.8, 4) is 0 Å². The van der Waals surface area contributed by atoms with Gasteiger partial charge in [0.1, 0.15) is 0 Å². The molecule has 1 amide bonds. The summed E-state index contributed by atoms with van der Waals surface area (Å²) in [7, 11) is -4.36. The number of carbonyl (C=O) groups is 1. The van der Waals surface area contributed by atoms with Crippen LogP contribution in [-0.2, 0) is 14.9 Å². The van der Waals surface area contributed by atoms with Gasteiger partial charge in [-0.05, 0) is 44.9 Å². The Morgan fingerprint density at radius 1 is 0.448 bits per heavy atom. The van der Waals surface area contributed by atoms with Gasteiger partial charge in [-0.15, -0.1) is 0 Å². The normalized spacial score (nSPS) is 13.4. The first-order valence-electron chi connectivity index (χ1n) is 25.2. The van der Waals surface area contributed by atoms with Crippen molar-refractivity contribution in [2.24, 2.45) is 0 Å². The van der Waals surface area contributed by atoms with Crippen molar-refractivity contribution in [1.29, 1.82) is 0 Å². The fourth-order valence-corrected chi connectivity index (χ4v) is 8.51. The van der Waals surface area contributed by atoms with Gasteiger partial charge < -0.3 is 10.4 Å². The highest BCUT2D eigenvalue weighted by molar-refractivity contribution is 7.85. The zero-order valence-corrected chi connectivity index (χ0v) is 39.2. The van der Waals surface area contributed by atoms with Crippen molar-refractivity contribution in [3.05, 3.63) is 36.5 Å². The third-order valence-corrected chi connectivity index (χ3v) is 12.3. The minimum absolute atomic E-state index is 0.287. The maximum absolute atomic E-state index is 12.6. The van der Waals surface area contributed by atoms with E-state index in [4.69, 9.17) is 0 Å². The van der Waals surface area contributed by atoms with E-state index in [-0.39, 0.29) is 12.3 Å². The molecule has 58 heavy (non-hydrogen) atoms. The Balaban J connectivity index is 3.85. The fraction of sp³-hybridized carbons (Fsp3) is 0.863. The molecule has 0 aromatic heterocycles. The highest BCUT2D eigenvalue weighted by atomic mass is 32.2. The first-order valence-corrected chi connectivity index (χ1v) is 26.8. The van der Waals surface area contributed by atoms with Crippen molar-refractivity contribution in [1.82, 2.24) is 5.32 Å². The molecule has 3 N–H and O–H groups in total. The third kappa shape index (κ3) is 45.6. The molecular weight excluding hydrogens is 739 g/mol. The summed E-state index contributed by atoms with van der Waals surface area (Å²) in [6, 6.07) is -1.08. The molecule has 7 heteroatoms. The summed E-state index contributed by atoms with van der Waals surface area (Å²) in [5.41, 5.74) is 0. The second kappa shape index (κ2) is 45.1. The van der Waals surface area contributed by atoms with Gasteiger partial charge in [0.05, 0.1) is 17.9 Å². The van der Waals surface area contributed by atoms with Crippen LogP contribution in [0.1, 0.15) is 264 Å². The van der Waals surface area contributed by atoms with Crippen molar-refractivity contribution < 1.29 is 22.9 Å². The number of rotatable bonds is 46. The van der Waals surface area contributed by atoms with Crippen LogP contribution in [0, 0.1) is 0 Å². The molecule has 0 saturated heterocycles. The molecule has 0 saturated carbocycles. The van der Waals surface area contributed by atoms with Gasteiger partial charge >= 0.3 is 0 Å². The number of aliphatic hydroxyl groups excluding tert-OH is 1. The molecule has 0 aliphatic carbocycles. The fourth-order valence-electron chi connectivity index (χ4n) is 7.78. The first kappa shape index (κ1) is 56.6. The van der Waals surface area contributed by atoms with E-state index in [1.54, 1.807) is 0 Å². The molecule has 0 fully saturated rings. The van der Waals surface area contributed by atoms with Crippen LogP contribution in [0.3, 0.4) is 0 Å². The molecule has 0 radical (unpaired) electrons. The predicted molar refractivity (Wildman–Crippen MR) is 253 cm³/mol. The molecule has 2 atom stereocenters. The van der Waals surface area contributed by atoms with Crippen molar-refractivity contribution in [2.75, 3.05) is 5.75 Å². The molecule has 6 nitrogen and oxygen atoms in total. The summed E-state index contributed by atoms with van der Waals surface area (Å²) in [6.45, 7) is 4.56. The third-order valence-electron chi connectivity index (χ3n) is 11.5. The van der Waals surface area contributed by atoms with Gasteiger partial charge in [0, 0.05) is 6.42 Å². The predicted octanol–water partition coefficient (Wildman–Crippen LogP) is 15.6. The molecular formula is C51H97NO5S. The summed E-state index contributed by atoms with van der Waals surface area (Å²) < 4.78 is 32.6. The van der Waals surface area contributed by atoms with Gasteiger partial charge in [-0.1, -0.05) is 249 Å². The average Bonchev–Trinajstić information content (AvgIpc) is 3.19. The quantitative estimate of drug-likeness (QED) is 0.0322. The molecule has 0 aromatic carbocycles. The minimum atomic E-state index is -4.36. The molecule has 342 valence electrons. The summed E-state index contributed by atoms with van der Waals surface area (Å²) in [6.07, 6.45) is 60.1. The maximum atomic E-state index is 12.6. The van der Waals surface area contributed by atoms with Gasteiger partial charge in [-0.25, -0.2) is 0 Å². The lowest BCUT2D eigenvalue weighted by molar-refractivity contribution is -0.122. The standard InChI is InChI=1S/C51H97NO5S/c1-3-5-7-9-11-13-15-17-19-21-23-25-27-29-31-33-35-37-39-41-43-45-47-51(54)52-49(48-58(55,56)57)50(53)46-44-42-40-38-36-34-32-30-28-26-24-22-20-18-16-14-12-10-8-6-4-2/h28,30,36,38,44,46,49-50,53H,3-27,29,31-35,37,39-43,45,47-48H2,1-2H3,(H,52,54)(H,55,56,57)/b30-28+,38-36+,46-44+. The highest BCUT2D eigenvalue weighted by Crippen LogP contribution is 2.16. The topological polar surface area (TPSA) is 104 Å². The van der Waals surface area contributed by atoms with Crippen LogP contribution in [0.25, 0.3) is 0 Å². The molecule has 0 rings (SSSR count). The van der Waals surface area contributed by atoms with Crippen LogP contribution in [0.5, 0.6) is 0 Å². The number of amides is 1. The molecule has 0 bridgehead atoms. The van der Waals surface area contributed by atoms with E-state index in [2.05, 4.69) is 43.5 Å². The molecule has 0 spiro atoms. The number of carbonyl (C=O) groups excluding carboxylic acids is 1. The number of hydrogen-bond donors (Lipinski definition) is 3. The minimum Gasteiger partial charge on any atom is -0.387 e.